The predicted octanol–water partition coefficient (Wildman–Crippen LogP) is 2.92. The van der Waals surface area contributed by atoms with Crippen LogP contribution in [0.4, 0.5) is 0 Å². The number of halogens is 1. The molecule has 0 aliphatic heterocycles. The van der Waals surface area contributed by atoms with Crippen molar-refractivity contribution >= 4 is 50.0 Å². The molecule has 0 saturated carbocycles. The van der Waals surface area contributed by atoms with Crippen LogP contribution in [0.25, 0.3) is 10.8 Å². The van der Waals surface area contributed by atoms with E-state index in [9.17, 15) is 9.59 Å². The van der Waals surface area contributed by atoms with Crippen LogP contribution in [0.5, 0.6) is 0 Å². The van der Waals surface area contributed by atoms with E-state index in [4.69, 9.17) is 5.73 Å². The van der Waals surface area contributed by atoms with E-state index < -0.39 is 11.2 Å². The first-order chi connectivity index (χ1) is 9.13. The van der Waals surface area contributed by atoms with E-state index in [0.717, 1.165) is 32.6 Å². The van der Waals surface area contributed by atoms with E-state index in [-0.39, 0.29) is 0 Å². The molecule has 98 valence electrons. The van der Waals surface area contributed by atoms with Crippen molar-refractivity contribution in [2.24, 2.45) is 5.73 Å². The van der Waals surface area contributed by atoms with Crippen molar-refractivity contribution in [1.82, 2.24) is 0 Å². The molecule has 2 aromatic rings. The molecule has 1 atom stereocenters. The van der Waals surface area contributed by atoms with E-state index in [1.807, 2.05) is 36.4 Å². The number of hydrogen-bond donors (Lipinski definition) is 1. The summed E-state index contributed by atoms with van der Waals surface area (Å²) >= 11 is 4.48. The topological polar surface area (TPSA) is 60.2 Å². The molecule has 1 amide bonds. The maximum atomic E-state index is 11.3. The fraction of sp³-hybridized carbons (Fsp3) is 0.143. The van der Waals surface area contributed by atoms with Crippen molar-refractivity contribution in [3.63, 3.8) is 0 Å². The van der Waals surface area contributed by atoms with Gasteiger partial charge in [0.1, 0.15) is 0 Å². The van der Waals surface area contributed by atoms with E-state index in [2.05, 4.69) is 15.9 Å². The number of amides is 1. The van der Waals surface area contributed by atoms with Crippen molar-refractivity contribution < 1.29 is 9.59 Å². The average Bonchev–Trinajstić information content (AvgIpc) is 2.41. The number of nitrogens with two attached hydrogens (primary N) is 1. The Bertz CT molecular complexity index is 630. The van der Waals surface area contributed by atoms with Crippen LogP contribution >= 0.6 is 27.7 Å². The minimum Gasteiger partial charge on any atom is -0.369 e. The SMILES string of the molecule is NC(=O)C(Cc1ccc2ccccc2c1Br)SC=O. The quantitative estimate of drug-likeness (QED) is 0.853. The summed E-state index contributed by atoms with van der Waals surface area (Å²) in [4.78, 5) is 21.8. The van der Waals surface area contributed by atoms with Gasteiger partial charge >= 0.3 is 0 Å². The molecule has 0 radical (unpaired) electrons. The Morgan fingerprint density at radius 1 is 1.32 bits per heavy atom. The molecule has 0 heterocycles. The van der Waals surface area contributed by atoms with Gasteiger partial charge in [-0.2, -0.15) is 0 Å². The Kier molecular flexibility index (Phi) is 4.61. The zero-order valence-electron chi connectivity index (χ0n) is 10.0. The van der Waals surface area contributed by atoms with Crippen LogP contribution in [0.2, 0.25) is 0 Å². The van der Waals surface area contributed by atoms with Crippen LogP contribution in [0.3, 0.4) is 0 Å². The molecule has 0 aliphatic rings. The lowest BCUT2D eigenvalue weighted by atomic mass is 10.0. The first-order valence-corrected chi connectivity index (χ1v) is 7.41. The fourth-order valence-corrected chi connectivity index (χ4v) is 3.12. The Hall–Kier alpha value is -1.33. The van der Waals surface area contributed by atoms with Gasteiger partial charge in [-0.15, -0.1) is 0 Å². The smallest absolute Gasteiger partial charge is 0.231 e. The number of rotatable bonds is 5. The molecular weight excluding hydrogens is 326 g/mol. The van der Waals surface area contributed by atoms with Gasteiger partial charge in [-0.3, -0.25) is 9.59 Å². The van der Waals surface area contributed by atoms with Crippen molar-refractivity contribution in [3.05, 3.63) is 46.4 Å². The molecule has 2 aromatic carbocycles. The summed E-state index contributed by atoms with van der Waals surface area (Å²) < 4.78 is 0.948. The average molecular weight is 338 g/mol. The highest BCUT2D eigenvalue weighted by atomic mass is 79.9. The van der Waals surface area contributed by atoms with E-state index >= 15 is 0 Å². The third-order valence-electron chi connectivity index (χ3n) is 2.89. The lowest BCUT2D eigenvalue weighted by Crippen LogP contribution is -2.27. The lowest BCUT2D eigenvalue weighted by molar-refractivity contribution is -0.117. The number of carbonyl (C=O) groups is 2. The number of primary amides is 1. The van der Waals surface area contributed by atoms with Gasteiger partial charge in [-0.25, -0.2) is 0 Å². The number of carbonyl (C=O) groups excluding carboxylic acids is 2. The summed E-state index contributed by atoms with van der Waals surface area (Å²) in [7, 11) is 0. The number of thioether (sulfide) groups is 1. The Balaban J connectivity index is 2.37. The molecule has 2 rings (SSSR count). The van der Waals surface area contributed by atoms with Gasteiger partial charge in [0.2, 0.25) is 5.91 Å². The van der Waals surface area contributed by atoms with Gasteiger partial charge in [0.15, 0.2) is 5.62 Å². The minimum atomic E-state index is -0.532. The van der Waals surface area contributed by atoms with E-state index in [1.165, 1.54) is 0 Å². The summed E-state index contributed by atoms with van der Waals surface area (Å²) in [5, 5.41) is 1.67. The van der Waals surface area contributed by atoms with Gasteiger partial charge in [0.25, 0.3) is 0 Å². The molecule has 0 aliphatic carbocycles. The second kappa shape index (κ2) is 6.21. The third kappa shape index (κ3) is 3.16. The monoisotopic (exact) mass is 337 g/mol. The fourth-order valence-electron chi connectivity index (χ4n) is 1.92. The van der Waals surface area contributed by atoms with Crippen LogP contribution in [-0.4, -0.2) is 16.8 Å². The molecule has 5 heteroatoms. The second-order valence-corrected chi connectivity index (χ2v) is 5.91. The Labute approximate surface area is 123 Å². The normalized spacial score (nSPS) is 12.3. The highest BCUT2D eigenvalue weighted by Gasteiger charge is 2.18. The maximum absolute atomic E-state index is 11.3. The number of hydrogen-bond acceptors (Lipinski definition) is 3. The minimum absolute atomic E-state index is 0.435. The van der Waals surface area contributed by atoms with E-state index in [1.54, 1.807) is 0 Å². The largest absolute Gasteiger partial charge is 0.369 e. The molecule has 0 saturated heterocycles. The van der Waals surface area contributed by atoms with Crippen molar-refractivity contribution in [2.45, 2.75) is 11.7 Å². The van der Waals surface area contributed by atoms with Crippen LogP contribution in [-0.2, 0) is 16.0 Å². The molecule has 1 unspecified atom stereocenters. The van der Waals surface area contributed by atoms with Crippen LogP contribution in [0.15, 0.2) is 40.9 Å². The van der Waals surface area contributed by atoms with Crippen molar-refractivity contribution in [3.8, 4) is 0 Å². The second-order valence-electron chi connectivity index (χ2n) is 4.09. The van der Waals surface area contributed by atoms with Crippen molar-refractivity contribution in [2.75, 3.05) is 0 Å². The molecule has 19 heavy (non-hydrogen) atoms. The van der Waals surface area contributed by atoms with E-state index in [0.29, 0.717) is 12.0 Å². The van der Waals surface area contributed by atoms with Gasteiger partial charge in [-0.1, -0.05) is 48.2 Å². The molecule has 0 fully saturated rings. The summed E-state index contributed by atoms with van der Waals surface area (Å²) in [6.07, 6.45) is 0.435. The van der Waals surface area contributed by atoms with Crippen LogP contribution < -0.4 is 5.73 Å². The Morgan fingerprint density at radius 2 is 2.05 bits per heavy atom. The first kappa shape index (κ1) is 14.1. The highest BCUT2D eigenvalue weighted by molar-refractivity contribution is 9.10. The number of fused-ring (bicyclic) bond motifs is 1. The Morgan fingerprint density at radius 3 is 2.74 bits per heavy atom. The summed E-state index contributed by atoms with van der Waals surface area (Å²) in [6.45, 7) is 0. The molecular formula is C14H12BrNO2S. The zero-order valence-corrected chi connectivity index (χ0v) is 12.4. The molecule has 3 nitrogen and oxygen atoms in total. The summed E-state index contributed by atoms with van der Waals surface area (Å²) in [5.41, 5.74) is 6.93. The molecule has 0 aromatic heterocycles. The standard InChI is InChI=1S/C14H12BrNO2S/c15-13-10(7-12(14(16)18)19-8-17)6-5-9-3-1-2-4-11(9)13/h1-6,8,12H,7H2,(H2,16,18). The predicted molar refractivity (Wildman–Crippen MR) is 82.7 cm³/mol. The zero-order chi connectivity index (χ0) is 13.8. The van der Waals surface area contributed by atoms with Crippen LogP contribution in [0, 0.1) is 0 Å². The van der Waals surface area contributed by atoms with Gasteiger partial charge in [0.05, 0.1) is 5.25 Å². The number of benzene rings is 2. The molecule has 0 spiro atoms. The lowest BCUT2D eigenvalue weighted by Gasteiger charge is -2.12. The van der Waals surface area contributed by atoms with Crippen molar-refractivity contribution in [1.29, 1.82) is 0 Å². The van der Waals surface area contributed by atoms with Gasteiger partial charge in [0, 0.05) is 4.47 Å². The van der Waals surface area contributed by atoms with Gasteiger partial charge in [-0.05, 0) is 38.7 Å². The van der Waals surface area contributed by atoms with Crippen LogP contribution in [0.1, 0.15) is 5.56 Å². The molecule has 0 bridgehead atoms. The highest BCUT2D eigenvalue weighted by Crippen LogP contribution is 2.29. The summed E-state index contributed by atoms with van der Waals surface area (Å²) in [6, 6.07) is 11.9. The maximum Gasteiger partial charge on any atom is 0.231 e. The van der Waals surface area contributed by atoms with Gasteiger partial charge < -0.3 is 5.73 Å². The molecule has 2 N–H and O–H groups in total. The third-order valence-corrected chi connectivity index (χ3v) is 4.66. The first-order valence-electron chi connectivity index (χ1n) is 5.68. The summed E-state index contributed by atoms with van der Waals surface area (Å²) in [5.74, 6) is -0.475.